The predicted octanol–water partition coefficient (Wildman–Crippen LogP) is 4.15. The Morgan fingerprint density at radius 3 is 2.60 bits per heavy atom. The molecule has 1 atom stereocenters. The molecule has 158 valence electrons. The van der Waals surface area contributed by atoms with Gasteiger partial charge in [0.05, 0.1) is 23.1 Å². The molecule has 0 radical (unpaired) electrons. The van der Waals surface area contributed by atoms with E-state index < -0.39 is 10.0 Å². The van der Waals surface area contributed by atoms with Crippen molar-refractivity contribution >= 4 is 10.0 Å². The second-order valence-corrected chi connectivity index (χ2v) is 10.1. The summed E-state index contributed by atoms with van der Waals surface area (Å²) in [5.41, 5.74) is 6.46. The van der Waals surface area contributed by atoms with Gasteiger partial charge in [0.15, 0.2) is 0 Å². The van der Waals surface area contributed by atoms with Crippen LogP contribution in [-0.2, 0) is 16.4 Å². The normalized spacial score (nSPS) is 17.5. The van der Waals surface area contributed by atoms with Crippen LogP contribution in [0.25, 0.3) is 0 Å². The third-order valence-corrected chi connectivity index (χ3v) is 7.87. The average molecular weight is 425 g/mol. The Morgan fingerprint density at radius 1 is 1.10 bits per heavy atom. The zero-order valence-corrected chi connectivity index (χ0v) is 18.8. The molecule has 1 N–H and O–H groups in total. The summed E-state index contributed by atoms with van der Waals surface area (Å²) in [5, 5.41) is 6.89. The predicted molar refractivity (Wildman–Crippen MR) is 117 cm³/mol. The number of aromatic amines is 1. The van der Waals surface area contributed by atoms with Crippen LogP contribution < -0.4 is 0 Å². The maximum absolute atomic E-state index is 13.5. The van der Waals surface area contributed by atoms with E-state index in [1.54, 1.807) is 18.2 Å². The highest BCUT2D eigenvalue weighted by Crippen LogP contribution is 2.37. The minimum absolute atomic E-state index is 0.250. The Labute approximate surface area is 178 Å². The summed E-state index contributed by atoms with van der Waals surface area (Å²) in [4.78, 5) is 5.03. The summed E-state index contributed by atoms with van der Waals surface area (Å²) in [7, 11) is -3.64. The van der Waals surface area contributed by atoms with Gasteiger partial charge in [0.1, 0.15) is 4.90 Å². The van der Waals surface area contributed by atoms with Crippen LogP contribution in [0.1, 0.15) is 58.3 Å². The molecule has 7 heteroatoms. The molecule has 0 bridgehead atoms. The zero-order chi connectivity index (χ0) is 21.5. The molecule has 4 rings (SSSR count). The van der Waals surface area contributed by atoms with Gasteiger partial charge in [0, 0.05) is 12.2 Å². The SMILES string of the molecule is Cc1cccc(Cc2cc(C)nc(C3CCCN3S(=O)(=O)c3c(C)n[nH]c3C)c2)c1. The molecular formula is C23H28N4O2S. The van der Waals surface area contributed by atoms with Crippen LogP contribution in [-0.4, -0.2) is 34.4 Å². The van der Waals surface area contributed by atoms with E-state index in [1.165, 1.54) is 11.1 Å². The van der Waals surface area contributed by atoms with Crippen molar-refractivity contribution in [2.45, 2.75) is 57.9 Å². The molecule has 3 heterocycles. The van der Waals surface area contributed by atoms with E-state index in [-0.39, 0.29) is 6.04 Å². The van der Waals surface area contributed by atoms with E-state index in [1.807, 2.05) is 6.92 Å². The number of aromatic nitrogens is 3. The lowest BCUT2D eigenvalue weighted by atomic mass is 10.0. The van der Waals surface area contributed by atoms with Crippen LogP contribution in [0, 0.1) is 27.7 Å². The van der Waals surface area contributed by atoms with Crippen LogP contribution in [0.3, 0.4) is 0 Å². The standard InChI is InChI=1S/C23H28N4O2S/c1-15-7-5-8-19(11-15)13-20-12-16(2)24-21(14-20)22-9-6-10-27(22)30(28,29)23-17(3)25-26-18(23)4/h5,7-8,11-12,14,22H,6,9-10,13H2,1-4H3,(H,25,26). The van der Waals surface area contributed by atoms with Gasteiger partial charge >= 0.3 is 0 Å². The summed E-state index contributed by atoms with van der Waals surface area (Å²) in [5.74, 6) is 0. The van der Waals surface area contributed by atoms with E-state index in [4.69, 9.17) is 4.98 Å². The lowest BCUT2D eigenvalue weighted by molar-refractivity contribution is 0.389. The number of nitrogens with zero attached hydrogens (tertiary/aromatic N) is 3. The van der Waals surface area contributed by atoms with Crippen molar-refractivity contribution < 1.29 is 8.42 Å². The molecule has 2 aromatic heterocycles. The highest BCUT2D eigenvalue weighted by atomic mass is 32.2. The number of rotatable bonds is 5. The second-order valence-electron chi connectivity index (χ2n) is 8.24. The van der Waals surface area contributed by atoms with Gasteiger partial charge in [-0.3, -0.25) is 10.1 Å². The summed E-state index contributed by atoms with van der Waals surface area (Å²) >= 11 is 0. The number of nitrogens with one attached hydrogen (secondary N) is 1. The molecule has 30 heavy (non-hydrogen) atoms. The third-order valence-electron chi connectivity index (χ3n) is 5.70. The molecule has 1 aliphatic heterocycles. The molecule has 1 unspecified atom stereocenters. The van der Waals surface area contributed by atoms with Crippen molar-refractivity contribution in [2.24, 2.45) is 0 Å². The lowest BCUT2D eigenvalue weighted by Gasteiger charge is -2.24. The van der Waals surface area contributed by atoms with Gasteiger partial charge in [0.2, 0.25) is 10.0 Å². The minimum atomic E-state index is -3.64. The number of sulfonamides is 1. The Hall–Kier alpha value is -2.51. The fourth-order valence-electron chi connectivity index (χ4n) is 4.46. The fraction of sp³-hybridized carbons (Fsp3) is 0.391. The van der Waals surface area contributed by atoms with Crippen LogP contribution in [0.5, 0.6) is 0 Å². The molecule has 1 aliphatic rings. The lowest BCUT2D eigenvalue weighted by Crippen LogP contribution is -2.32. The second kappa shape index (κ2) is 7.96. The maximum atomic E-state index is 13.5. The zero-order valence-electron chi connectivity index (χ0n) is 17.9. The first-order valence-electron chi connectivity index (χ1n) is 10.3. The Kier molecular flexibility index (Phi) is 5.51. The largest absolute Gasteiger partial charge is 0.281 e. The first-order chi connectivity index (χ1) is 14.3. The number of pyridine rings is 1. The monoisotopic (exact) mass is 424 g/mol. The van der Waals surface area contributed by atoms with Crippen molar-refractivity contribution in [2.75, 3.05) is 6.54 Å². The molecule has 6 nitrogen and oxygen atoms in total. The van der Waals surface area contributed by atoms with Gasteiger partial charge in [-0.1, -0.05) is 29.8 Å². The van der Waals surface area contributed by atoms with E-state index in [2.05, 4.69) is 53.5 Å². The number of H-pyrrole nitrogens is 1. The van der Waals surface area contributed by atoms with Crippen molar-refractivity contribution in [3.05, 3.63) is 75.9 Å². The van der Waals surface area contributed by atoms with Gasteiger partial charge in [-0.05, 0) is 70.2 Å². The van der Waals surface area contributed by atoms with Crippen molar-refractivity contribution in [1.82, 2.24) is 19.5 Å². The van der Waals surface area contributed by atoms with E-state index in [0.717, 1.165) is 36.2 Å². The smallest absolute Gasteiger partial charge is 0.247 e. The van der Waals surface area contributed by atoms with Crippen molar-refractivity contribution in [3.63, 3.8) is 0 Å². The van der Waals surface area contributed by atoms with Gasteiger partial charge in [-0.25, -0.2) is 8.42 Å². The van der Waals surface area contributed by atoms with Crippen LogP contribution in [0.4, 0.5) is 0 Å². The summed E-state index contributed by atoms with van der Waals surface area (Å²) in [6, 6.07) is 12.4. The molecule has 0 spiro atoms. The van der Waals surface area contributed by atoms with E-state index >= 15 is 0 Å². The number of hydrogen-bond donors (Lipinski definition) is 1. The van der Waals surface area contributed by atoms with Crippen molar-refractivity contribution in [3.8, 4) is 0 Å². The molecule has 0 amide bonds. The molecule has 1 aromatic carbocycles. The Bertz CT molecular complexity index is 1160. The molecule has 0 saturated carbocycles. The molecule has 1 saturated heterocycles. The van der Waals surface area contributed by atoms with Gasteiger partial charge in [-0.15, -0.1) is 0 Å². The van der Waals surface area contributed by atoms with Crippen LogP contribution >= 0.6 is 0 Å². The number of aryl methyl sites for hydroxylation is 4. The Morgan fingerprint density at radius 2 is 1.90 bits per heavy atom. The van der Waals surface area contributed by atoms with Crippen molar-refractivity contribution in [1.29, 1.82) is 0 Å². The Balaban J connectivity index is 1.68. The summed E-state index contributed by atoms with van der Waals surface area (Å²) in [6.07, 6.45) is 2.40. The third kappa shape index (κ3) is 3.91. The highest BCUT2D eigenvalue weighted by molar-refractivity contribution is 7.89. The van der Waals surface area contributed by atoms with E-state index in [0.29, 0.717) is 22.8 Å². The summed E-state index contributed by atoms with van der Waals surface area (Å²) < 4.78 is 28.5. The summed E-state index contributed by atoms with van der Waals surface area (Å²) in [6.45, 7) is 8.05. The number of benzene rings is 1. The average Bonchev–Trinajstić information content (AvgIpc) is 3.29. The van der Waals surface area contributed by atoms with Gasteiger partial charge < -0.3 is 0 Å². The van der Waals surface area contributed by atoms with Crippen LogP contribution in [0.15, 0.2) is 41.3 Å². The first-order valence-corrected chi connectivity index (χ1v) is 11.8. The molecule has 1 fully saturated rings. The quantitative estimate of drug-likeness (QED) is 0.667. The molecule has 3 aromatic rings. The first kappa shape index (κ1) is 20.8. The topological polar surface area (TPSA) is 79.0 Å². The fourth-order valence-corrected chi connectivity index (χ4v) is 6.46. The maximum Gasteiger partial charge on any atom is 0.247 e. The number of hydrogen-bond acceptors (Lipinski definition) is 4. The highest BCUT2D eigenvalue weighted by Gasteiger charge is 2.39. The van der Waals surface area contributed by atoms with Gasteiger partial charge in [0.25, 0.3) is 0 Å². The molecular weight excluding hydrogens is 396 g/mol. The van der Waals surface area contributed by atoms with Crippen LogP contribution in [0.2, 0.25) is 0 Å². The van der Waals surface area contributed by atoms with E-state index in [9.17, 15) is 8.42 Å². The minimum Gasteiger partial charge on any atom is -0.281 e. The molecule has 0 aliphatic carbocycles. The van der Waals surface area contributed by atoms with Gasteiger partial charge in [-0.2, -0.15) is 9.40 Å².